The van der Waals surface area contributed by atoms with E-state index >= 15 is 0 Å². The predicted molar refractivity (Wildman–Crippen MR) is 92.7 cm³/mol. The number of hydrogen-bond donors (Lipinski definition) is 0. The highest BCUT2D eigenvalue weighted by atomic mass is 16.5. The summed E-state index contributed by atoms with van der Waals surface area (Å²) in [4.78, 5) is 30.9. The van der Waals surface area contributed by atoms with Gasteiger partial charge in [-0.1, -0.05) is 36.4 Å². The fraction of sp³-hybridized carbons (Fsp3) is 0.0500. The number of carbonyl (C=O) groups excluding carboxylic acids is 2. The van der Waals surface area contributed by atoms with Gasteiger partial charge < -0.3 is 4.74 Å². The maximum absolute atomic E-state index is 12.4. The Morgan fingerprint density at radius 2 is 1.84 bits per heavy atom. The third-order valence-electron chi connectivity index (χ3n) is 3.52. The zero-order valence-electron chi connectivity index (χ0n) is 13.3. The Balaban J connectivity index is 1.85. The average Bonchev–Trinajstić information content (AvgIpc) is 2.68. The molecule has 5 nitrogen and oxygen atoms in total. The lowest BCUT2D eigenvalue weighted by atomic mass is 10.1. The lowest BCUT2D eigenvalue weighted by molar-refractivity contribution is 0.103. The quantitative estimate of drug-likeness (QED) is 0.391. The summed E-state index contributed by atoms with van der Waals surface area (Å²) in [5.74, 6) is 0.155. The first-order chi connectivity index (χ1) is 12.3. The molecule has 2 aromatic carbocycles. The smallest absolute Gasteiger partial charge is 0.240 e. The summed E-state index contributed by atoms with van der Waals surface area (Å²) in [6.07, 6.45) is 3.05. The molecule has 25 heavy (non-hydrogen) atoms. The van der Waals surface area contributed by atoms with E-state index in [0.29, 0.717) is 23.6 Å². The molecule has 0 aliphatic carbocycles. The van der Waals surface area contributed by atoms with Crippen LogP contribution >= 0.6 is 0 Å². The Morgan fingerprint density at radius 3 is 2.56 bits per heavy atom. The minimum Gasteiger partial charge on any atom is -0.487 e. The van der Waals surface area contributed by atoms with E-state index in [0.717, 1.165) is 5.56 Å². The molecule has 0 aliphatic rings. The second kappa shape index (κ2) is 7.81. The van der Waals surface area contributed by atoms with Crippen molar-refractivity contribution < 1.29 is 14.3 Å². The van der Waals surface area contributed by atoms with Crippen molar-refractivity contribution in [1.82, 2.24) is 4.98 Å². The minimum absolute atomic E-state index is 0.252. The Labute approximate surface area is 144 Å². The van der Waals surface area contributed by atoms with Gasteiger partial charge in [0.2, 0.25) is 11.9 Å². The number of nitrogens with zero attached hydrogens (tertiary/aromatic N) is 2. The summed E-state index contributed by atoms with van der Waals surface area (Å²) in [5, 5.41) is 0. The van der Waals surface area contributed by atoms with Gasteiger partial charge in [-0.05, 0) is 35.9 Å². The summed E-state index contributed by atoms with van der Waals surface area (Å²) in [7, 11) is 0. The van der Waals surface area contributed by atoms with Gasteiger partial charge in [0.15, 0.2) is 0 Å². The van der Waals surface area contributed by atoms with Crippen molar-refractivity contribution >= 4 is 17.6 Å². The van der Waals surface area contributed by atoms with E-state index < -0.39 is 0 Å². The highest BCUT2D eigenvalue weighted by molar-refractivity contribution is 6.08. The Hall–Kier alpha value is -3.56. The number of pyridine rings is 1. The van der Waals surface area contributed by atoms with Gasteiger partial charge in [-0.25, -0.2) is 4.79 Å². The second-order valence-electron chi connectivity index (χ2n) is 5.20. The van der Waals surface area contributed by atoms with Crippen LogP contribution in [0.15, 0.2) is 77.9 Å². The lowest BCUT2D eigenvalue weighted by Gasteiger charge is -2.09. The summed E-state index contributed by atoms with van der Waals surface area (Å²) in [6, 6.07) is 19.5. The Kier molecular flexibility index (Phi) is 5.10. The van der Waals surface area contributed by atoms with Gasteiger partial charge in [0, 0.05) is 11.8 Å². The third-order valence-corrected chi connectivity index (χ3v) is 3.52. The van der Waals surface area contributed by atoms with Crippen molar-refractivity contribution in [3.05, 3.63) is 89.7 Å². The Bertz CT molecular complexity index is 918. The van der Waals surface area contributed by atoms with Gasteiger partial charge in [-0.3, -0.25) is 9.78 Å². The molecule has 0 saturated carbocycles. The molecular formula is C20H14N2O3. The molecule has 3 aromatic rings. The second-order valence-corrected chi connectivity index (χ2v) is 5.20. The highest BCUT2D eigenvalue weighted by Crippen LogP contribution is 2.30. The number of ketones is 1. The molecule has 5 heteroatoms. The number of aromatic nitrogens is 1. The minimum atomic E-state index is -0.252. The molecule has 0 amide bonds. The van der Waals surface area contributed by atoms with Crippen molar-refractivity contribution in [2.24, 2.45) is 4.99 Å². The first-order valence-electron chi connectivity index (χ1n) is 7.62. The van der Waals surface area contributed by atoms with Crippen molar-refractivity contribution in [3.63, 3.8) is 0 Å². The zero-order valence-corrected chi connectivity index (χ0v) is 13.3. The van der Waals surface area contributed by atoms with Crippen LogP contribution in [0.3, 0.4) is 0 Å². The van der Waals surface area contributed by atoms with Gasteiger partial charge in [0.25, 0.3) is 0 Å². The highest BCUT2D eigenvalue weighted by Gasteiger charge is 2.13. The summed E-state index contributed by atoms with van der Waals surface area (Å²) in [6.45, 7) is 0.329. The summed E-state index contributed by atoms with van der Waals surface area (Å²) >= 11 is 0. The van der Waals surface area contributed by atoms with Crippen LogP contribution < -0.4 is 4.74 Å². The van der Waals surface area contributed by atoms with Crippen LogP contribution in [-0.2, 0) is 11.4 Å². The topological polar surface area (TPSA) is 68.6 Å². The van der Waals surface area contributed by atoms with Gasteiger partial charge in [-0.15, -0.1) is 0 Å². The van der Waals surface area contributed by atoms with E-state index in [2.05, 4.69) is 9.98 Å². The van der Waals surface area contributed by atoms with Gasteiger partial charge in [-0.2, -0.15) is 4.99 Å². The van der Waals surface area contributed by atoms with E-state index in [9.17, 15) is 9.59 Å². The molecule has 0 radical (unpaired) electrons. The molecule has 0 bridgehead atoms. The third kappa shape index (κ3) is 4.05. The van der Waals surface area contributed by atoms with Crippen LogP contribution in [0.2, 0.25) is 0 Å². The van der Waals surface area contributed by atoms with Crippen LogP contribution in [0.1, 0.15) is 21.6 Å². The molecule has 3 rings (SSSR count). The summed E-state index contributed by atoms with van der Waals surface area (Å²) < 4.78 is 5.72. The number of hydrogen-bond acceptors (Lipinski definition) is 5. The molecule has 0 N–H and O–H groups in total. The number of isocyanates is 1. The molecule has 1 aromatic heterocycles. The van der Waals surface area contributed by atoms with Gasteiger partial charge in [0.05, 0.1) is 0 Å². The predicted octanol–water partition coefficient (Wildman–Crippen LogP) is 3.86. The summed E-state index contributed by atoms with van der Waals surface area (Å²) in [5.41, 5.74) is 1.94. The monoisotopic (exact) mass is 330 g/mol. The van der Waals surface area contributed by atoms with Crippen molar-refractivity contribution in [2.45, 2.75) is 6.61 Å². The number of rotatable bonds is 6. The maximum atomic E-state index is 12.4. The fourth-order valence-corrected chi connectivity index (χ4v) is 2.30. The van der Waals surface area contributed by atoms with E-state index in [-0.39, 0.29) is 11.5 Å². The molecule has 0 fully saturated rings. The van der Waals surface area contributed by atoms with Crippen molar-refractivity contribution in [2.75, 3.05) is 0 Å². The molecule has 1 heterocycles. The SMILES string of the molecule is O=C=Nc1cc(C(=O)c2ccccn2)ccc1OCc1ccccc1. The van der Waals surface area contributed by atoms with Gasteiger partial charge in [0.1, 0.15) is 23.7 Å². The molecule has 0 unspecified atom stereocenters. The molecule has 0 atom stereocenters. The van der Waals surface area contributed by atoms with E-state index in [4.69, 9.17) is 4.74 Å². The number of carbonyl (C=O) groups is 1. The van der Waals surface area contributed by atoms with E-state index in [1.807, 2.05) is 30.3 Å². The molecule has 0 saturated heterocycles. The molecule has 0 aliphatic heterocycles. The molecule has 122 valence electrons. The Morgan fingerprint density at radius 1 is 1.04 bits per heavy atom. The average molecular weight is 330 g/mol. The van der Waals surface area contributed by atoms with Crippen LogP contribution in [0.5, 0.6) is 5.75 Å². The van der Waals surface area contributed by atoms with Crippen molar-refractivity contribution in [3.8, 4) is 5.75 Å². The fourth-order valence-electron chi connectivity index (χ4n) is 2.30. The van der Waals surface area contributed by atoms with Crippen LogP contribution in [0.25, 0.3) is 0 Å². The van der Waals surface area contributed by atoms with E-state index in [1.54, 1.807) is 36.5 Å². The zero-order chi connectivity index (χ0) is 17.5. The first-order valence-corrected chi connectivity index (χ1v) is 7.62. The van der Waals surface area contributed by atoms with Crippen molar-refractivity contribution in [1.29, 1.82) is 0 Å². The number of aliphatic imine (C=N–C) groups is 1. The molecular weight excluding hydrogens is 316 g/mol. The van der Waals surface area contributed by atoms with Crippen LogP contribution in [-0.4, -0.2) is 16.8 Å². The van der Waals surface area contributed by atoms with Gasteiger partial charge >= 0.3 is 0 Å². The lowest BCUT2D eigenvalue weighted by Crippen LogP contribution is -2.04. The van der Waals surface area contributed by atoms with E-state index in [1.165, 1.54) is 12.1 Å². The standard InChI is InChI=1S/C20H14N2O3/c23-14-22-18-12-16(20(24)17-8-4-5-11-21-17)9-10-19(18)25-13-15-6-2-1-3-7-15/h1-12H,13H2. The number of benzene rings is 2. The normalized spacial score (nSPS) is 9.92. The first kappa shape index (κ1) is 16.3. The molecule has 0 spiro atoms. The van der Waals surface area contributed by atoms with Crippen LogP contribution in [0, 0.1) is 0 Å². The number of ether oxygens (including phenoxy) is 1. The maximum Gasteiger partial charge on any atom is 0.240 e. The van der Waals surface area contributed by atoms with Crippen LogP contribution in [0.4, 0.5) is 5.69 Å². The largest absolute Gasteiger partial charge is 0.487 e.